The number of rotatable bonds is 0. The van der Waals surface area contributed by atoms with Gasteiger partial charge in [-0.05, 0) is 39.8 Å². The van der Waals surface area contributed by atoms with E-state index >= 15 is 0 Å². The van der Waals surface area contributed by atoms with E-state index in [0.717, 1.165) is 0 Å². The van der Waals surface area contributed by atoms with Crippen LogP contribution >= 0.6 is 11.6 Å². The van der Waals surface area contributed by atoms with Gasteiger partial charge in [0.2, 0.25) is 0 Å². The standard InChI is InChI=1S/C4H9N.C3H7Cl/c1-2-4-5-3-1;1-3(2)4/h5H,1-4H2;3H,1-2H3. The van der Waals surface area contributed by atoms with E-state index in [2.05, 4.69) is 5.32 Å². The van der Waals surface area contributed by atoms with Crippen molar-refractivity contribution in [2.24, 2.45) is 0 Å². The molecule has 56 valence electrons. The highest BCUT2D eigenvalue weighted by Gasteiger charge is 1.93. The highest BCUT2D eigenvalue weighted by Crippen LogP contribution is 1.90. The molecule has 1 fully saturated rings. The first-order chi connectivity index (χ1) is 4.23. The van der Waals surface area contributed by atoms with Crippen molar-refractivity contribution in [3.63, 3.8) is 0 Å². The Labute approximate surface area is 62.8 Å². The summed E-state index contributed by atoms with van der Waals surface area (Å²) in [7, 11) is 0. The van der Waals surface area contributed by atoms with Crippen LogP contribution in [0.3, 0.4) is 0 Å². The molecule has 9 heavy (non-hydrogen) atoms. The Hall–Kier alpha value is 0.250. The lowest BCUT2D eigenvalue weighted by Crippen LogP contribution is -2.03. The van der Waals surface area contributed by atoms with Gasteiger partial charge in [0.05, 0.1) is 0 Å². The molecule has 0 saturated carbocycles. The van der Waals surface area contributed by atoms with Gasteiger partial charge in [0.15, 0.2) is 0 Å². The number of hydrogen-bond acceptors (Lipinski definition) is 1. The molecular weight excluding hydrogens is 134 g/mol. The SMILES string of the molecule is C1CCNC1.CC(C)Cl. The zero-order valence-corrected chi connectivity index (χ0v) is 7.04. The summed E-state index contributed by atoms with van der Waals surface area (Å²) in [5.74, 6) is 0. The van der Waals surface area contributed by atoms with Crippen molar-refractivity contribution in [2.45, 2.75) is 32.1 Å². The Balaban J connectivity index is 0.000000148. The quantitative estimate of drug-likeness (QED) is 0.520. The zero-order chi connectivity index (χ0) is 7.11. The Morgan fingerprint density at radius 1 is 1.22 bits per heavy atom. The second kappa shape index (κ2) is 6.37. The summed E-state index contributed by atoms with van der Waals surface area (Å²) in [5, 5.41) is 3.53. The van der Waals surface area contributed by atoms with Crippen molar-refractivity contribution in [3.05, 3.63) is 0 Å². The van der Waals surface area contributed by atoms with E-state index in [1.165, 1.54) is 25.9 Å². The zero-order valence-electron chi connectivity index (χ0n) is 6.28. The molecule has 1 rings (SSSR count). The largest absolute Gasteiger partial charge is 0.317 e. The van der Waals surface area contributed by atoms with Crippen molar-refractivity contribution in [2.75, 3.05) is 13.1 Å². The van der Waals surface area contributed by atoms with Crippen LogP contribution in [0, 0.1) is 0 Å². The van der Waals surface area contributed by atoms with E-state index < -0.39 is 0 Å². The molecule has 0 bridgehead atoms. The third-order valence-electron chi connectivity index (χ3n) is 0.957. The van der Waals surface area contributed by atoms with E-state index in [9.17, 15) is 0 Å². The fourth-order valence-corrected chi connectivity index (χ4v) is 0.625. The fourth-order valence-electron chi connectivity index (χ4n) is 0.625. The Morgan fingerprint density at radius 3 is 1.67 bits per heavy atom. The first-order valence-electron chi connectivity index (χ1n) is 3.58. The summed E-state index contributed by atoms with van der Waals surface area (Å²) < 4.78 is 0. The average Bonchev–Trinajstić information content (AvgIpc) is 2.11. The van der Waals surface area contributed by atoms with Gasteiger partial charge in [0, 0.05) is 5.38 Å². The molecule has 0 atom stereocenters. The van der Waals surface area contributed by atoms with Crippen LogP contribution < -0.4 is 5.32 Å². The van der Waals surface area contributed by atoms with Crippen molar-refractivity contribution >= 4 is 11.6 Å². The fraction of sp³-hybridized carbons (Fsp3) is 1.00. The molecule has 1 N–H and O–H groups in total. The molecule has 0 spiro atoms. The predicted octanol–water partition coefficient (Wildman–Crippen LogP) is 2.00. The Morgan fingerprint density at radius 2 is 1.56 bits per heavy atom. The highest BCUT2D eigenvalue weighted by atomic mass is 35.5. The molecule has 0 aromatic carbocycles. The minimum absolute atomic E-state index is 0.306. The second-order valence-electron chi connectivity index (χ2n) is 2.47. The molecule has 0 unspecified atom stereocenters. The third-order valence-corrected chi connectivity index (χ3v) is 0.957. The van der Waals surface area contributed by atoms with Gasteiger partial charge in [0.25, 0.3) is 0 Å². The molecule has 0 aliphatic carbocycles. The number of nitrogens with one attached hydrogen (secondary N) is 1. The smallest absolute Gasteiger partial charge is 0.0279 e. The normalized spacial score (nSPS) is 17.3. The molecule has 1 aliphatic rings. The van der Waals surface area contributed by atoms with Gasteiger partial charge in [-0.2, -0.15) is 0 Å². The molecule has 1 nitrogen and oxygen atoms in total. The van der Waals surface area contributed by atoms with Crippen molar-refractivity contribution in [1.29, 1.82) is 0 Å². The first-order valence-corrected chi connectivity index (χ1v) is 4.02. The van der Waals surface area contributed by atoms with Crippen molar-refractivity contribution < 1.29 is 0 Å². The second-order valence-corrected chi connectivity index (χ2v) is 3.34. The summed E-state index contributed by atoms with van der Waals surface area (Å²) in [5.41, 5.74) is 0. The lowest BCUT2D eigenvalue weighted by atomic mass is 10.4. The van der Waals surface area contributed by atoms with E-state index in [4.69, 9.17) is 11.6 Å². The van der Waals surface area contributed by atoms with Crippen LogP contribution in [-0.4, -0.2) is 18.5 Å². The molecule has 0 aromatic heterocycles. The summed E-state index contributed by atoms with van der Waals surface area (Å²) in [4.78, 5) is 0. The van der Waals surface area contributed by atoms with Gasteiger partial charge in [0.1, 0.15) is 0 Å². The summed E-state index contributed by atoms with van der Waals surface area (Å²) in [6.45, 7) is 6.36. The molecule has 1 heterocycles. The lowest BCUT2D eigenvalue weighted by molar-refractivity contribution is 0.857. The van der Waals surface area contributed by atoms with Gasteiger partial charge < -0.3 is 5.32 Å². The third kappa shape index (κ3) is 11.7. The summed E-state index contributed by atoms with van der Waals surface area (Å²) in [6, 6.07) is 0. The maximum absolute atomic E-state index is 5.27. The van der Waals surface area contributed by atoms with Crippen LogP contribution in [0.25, 0.3) is 0 Å². The highest BCUT2D eigenvalue weighted by molar-refractivity contribution is 6.20. The molecule has 1 saturated heterocycles. The van der Waals surface area contributed by atoms with Crippen LogP contribution in [0.5, 0.6) is 0 Å². The van der Waals surface area contributed by atoms with Crippen LogP contribution in [0.2, 0.25) is 0 Å². The maximum atomic E-state index is 5.27. The maximum Gasteiger partial charge on any atom is 0.0279 e. The average molecular weight is 150 g/mol. The van der Waals surface area contributed by atoms with E-state index in [0.29, 0.717) is 5.38 Å². The molecule has 0 amide bonds. The van der Waals surface area contributed by atoms with Crippen LogP contribution in [-0.2, 0) is 0 Å². The van der Waals surface area contributed by atoms with Gasteiger partial charge >= 0.3 is 0 Å². The number of hydrogen-bond donors (Lipinski definition) is 1. The van der Waals surface area contributed by atoms with Crippen LogP contribution in [0.4, 0.5) is 0 Å². The van der Waals surface area contributed by atoms with Crippen LogP contribution in [0.1, 0.15) is 26.7 Å². The minimum atomic E-state index is 0.306. The summed E-state index contributed by atoms with van der Waals surface area (Å²) in [6.07, 6.45) is 2.78. The monoisotopic (exact) mass is 149 g/mol. The van der Waals surface area contributed by atoms with Gasteiger partial charge in [-0.1, -0.05) is 0 Å². The molecule has 0 radical (unpaired) electrons. The first kappa shape index (κ1) is 9.25. The molecule has 1 aliphatic heterocycles. The minimum Gasteiger partial charge on any atom is -0.317 e. The van der Waals surface area contributed by atoms with Gasteiger partial charge in [-0.15, -0.1) is 11.6 Å². The topological polar surface area (TPSA) is 12.0 Å². The van der Waals surface area contributed by atoms with Crippen molar-refractivity contribution in [3.8, 4) is 0 Å². The predicted molar refractivity (Wildman–Crippen MR) is 43.1 cm³/mol. The van der Waals surface area contributed by atoms with Crippen molar-refractivity contribution in [1.82, 2.24) is 5.32 Å². The lowest BCUT2D eigenvalue weighted by Gasteiger charge is -1.76. The van der Waals surface area contributed by atoms with E-state index in [1.54, 1.807) is 0 Å². The van der Waals surface area contributed by atoms with Gasteiger partial charge in [-0.3, -0.25) is 0 Å². The van der Waals surface area contributed by atoms with Crippen LogP contribution in [0.15, 0.2) is 0 Å². The molecule has 0 aromatic rings. The van der Waals surface area contributed by atoms with Gasteiger partial charge in [-0.25, -0.2) is 0 Å². The summed E-state index contributed by atoms with van der Waals surface area (Å²) >= 11 is 5.27. The molecule has 2 heteroatoms. The van der Waals surface area contributed by atoms with E-state index in [-0.39, 0.29) is 0 Å². The number of halogens is 1. The van der Waals surface area contributed by atoms with E-state index in [1.807, 2.05) is 13.8 Å². The number of alkyl halides is 1. The Bertz CT molecular complexity index is 40.5. The Kier molecular flexibility index (Phi) is 6.55. The molecular formula is C7H16ClN.